The lowest BCUT2D eigenvalue weighted by Gasteiger charge is -2.29. The Labute approximate surface area is 112 Å². The molecular weight excluding hydrogens is 244 g/mol. The first kappa shape index (κ1) is 13.6. The van der Waals surface area contributed by atoms with E-state index >= 15 is 0 Å². The average molecular weight is 262 g/mol. The predicted octanol–water partition coefficient (Wildman–Crippen LogP) is 0.980. The first-order valence-corrected chi connectivity index (χ1v) is 6.23. The van der Waals surface area contributed by atoms with E-state index in [0.29, 0.717) is 30.9 Å². The van der Waals surface area contributed by atoms with Gasteiger partial charge in [-0.1, -0.05) is 12.1 Å². The molecule has 1 aliphatic heterocycles. The van der Waals surface area contributed by atoms with Gasteiger partial charge in [0.05, 0.1) is 11.8 Å². The lowest BCUT2D eigenvalue weighted by Crippen LogP contribution is -2.38. The molecule has 0 saturated heterocycles. The fourth-order valence-corrected chi connectivity index (χ4v) is 2.08. The van der Waals surface area contributed by atoms with Crippen LogP contribution in [0.4, 0.5) is 5.69 Å². The largest absolute Gasteiger partial charge is 0.482 e. The molecule has 19 heavy (non-hydrogen) atoms. The molecule has 0 spiro atoms. The molecule has 5 heteroatoms. The molecule has 1 unspecified atom stereocenters. The first-order valence-electron chi connectivity index (χ1n) is 6.23. The number of carbonyl (C=O) groups is 1. The summed E-state index contributed by atoms with van der Waals surface area (Å²) in [6, 6.07) is 5.34. The zero-order chi connectivity index (χ0) is 13.8. The second-order valence-corrected chi connectivity index (χ2v) is 4.40. The van der Waals surface area contributed by atoms with Gasteiger partial charge in [-0.25, -0.2) is 0 Å². The second-order valence-electron chi connectivity index (χ2n) is 4.40. The molecule has 1 atom stereocenters. The van der Waals surface area contributed by atoms with Gasteiger partial charge >= 0.3 is 0 Å². The highest BCUT2D eigenvalue weighted by molar-refractivity contribution is 5.98. The van der Waals surface area contributed by atoms with E-state index in [1.165, 1.54) is 0 Å². The van der Waals surface area contributed by atoms with Crippen molar-refractivity contribution in [3.05, 3.63) is 36.4 Å². The van der Waals surface area contributed by atoms with Crippen LogP contribution in [-0.2, 0) is 4.79 Å². The summed E-state index contributed by atoms with van der Waals surface area (Å²) in [5, 5.41) is 9.96. The molecule has 1 heterocycles. The van der Waals surface area contributed by atoms with Crippen LogP contribution in [0.25, 0.3) is 0 Å². The van der Waals surface area contributed by atoms with Gasteiger partial charge in [-0.2, -0.15) is 0 Å². The monoisotopic (exact) mass is 262 g/mol. The van der Waals surface area contributed by atoms with Crippen molar-refractivity contribution in [3.63, 3.8) is 0 Å². The number of nitrogens with zero attached hydrogens (tertiary/aromatic N) is 1. The van der Waals surface area contributed by atoms with Crippen molar-refractivity contribution >= 4 is 11.6 Å². The van der Waals surface area contributed by atoms with Gasteiger partial charge in [0, 0.05) is 6.54 Å². The third-order valence-electron chi connectivity index (χ3n) is 3.06. The van der Waals surface area contributed by atoms with Gasteiger partial charge in [0.15, 0.2) is 6.61 Å². The van der Waals surface area contributed by atoms with Gasteiger partial charge in [-0.3, -0.25) is 4.79 Å². The molecule has 0 radical (unpaired) electrons. The standard InChI is InChI=1S/C14H18N2O3/c1-2-7-16-11-8-10(12(17)5-6-15)3-4-13(11)19-9-14(16)18/h2-4,8,12,17H,1,5-7,9,15H2. The van der Waals surface area contributed by atoms with Crippen LogP contribution in [0.3, 0.4) is 0 Å². The third kappa shape index (κ3) is 2.77. The molecule has 0 bridgehead atoms. The molecule has 5 nitrogen and oxygen atoms in total. The van der Waals surface area contributed by atoms with Crippen LogP contribution in [0, 0.1) is 0 Å². The number of hydrogen-bond donors (Lipinski definition) is 2. The van der Waals surface area contributed by atoms with Gasteiger partial charge in [-0.15, -0.1) is 6.58 Å². The summed E-state index contributed by atoms with van der Waals surface area (Å²) in [6.45, 7) is 4.51. The second kappa shape index (κ2) is 5.86. The molecule has 0 saturated carbocycles. The number of aliphatic hydroxyl groups is 1. The number of hydrogen-bond acceptors (Lipinski definition) is 4. The number of nitrogens with two attached hydrogens (primary N) is 1. The zero-order valence-electron chi connectivity index (χ0n) is 10.7. The van der Waals surface area contributed by atoms with E-state index in [2.05, 4.69) is 6.58 Å². The molecule has 0 aromatic heterocycles. The highest BCUT2D eigenvalue weighted by Gasteiger charge is 2.25. The Balaban J connectivity index is 2.35. The number of ether oxygens (including phenoxy) is 1. The summed E-state index contributed by atoms with van der Waals surface area (Å²) >= 11 is 0. The summed E-state index contributed by atoms with van der Waals surface area (Å²) < 4.78 is 5.38. The molecule has 1 aromatic rings. The number of benzene rings is 1. The van der Waals surface area contributed by atoms with Crippen LogP contribution in [0.2, 0.25) is 0 Å². The Bertz CT molecular complexity index is 488. The third-order valence-corrected chi connectivity index (χ3v) is 3.06. The van der Waals surface area contributed by atoms with Crippen molar-refractivity contribution in [1.82, 2.24) is 0 Å². The molecule has 1 aromatic carbocycles. The molecule has 0 aliphatic carbocycles. The van der Waals surface area contributed by atoms with Gasteiger partial charge in [0.2, 0.25) is 0 Å². The van der Waals surface area contributed by atoms with Gasteiger partial charge in [0.1, 0.15) is 5.75 Å². The van der Waals surface area contributed by atoms with Gasteiger partial charge in [0.25, 0.3) is 5.91 Å². The van der Waals surface area contributed by atoms with Gasteiger partial charge in [-0.05, 0) is 30.7 Å². The zero-order valence-corrected chi connectivity index (χ0v) is 10.7. The van der Waals surface area contributed by atoms with Crippen molar-refractivity contribution in [3.8, 4) is 5.75 Å². The predicted molar refractivity (Wildman–Crippen MR) is 73.1 cm³/mol. The average Bonchev–Trinajstić information content (AvgIpc) is 2.42. The first-order chi connectivity index (χ1) is 9.17. The van der Waals surface area contributed by atoms with E-state index in [4.69, 9.17) is 10.5 Å². The van der Waals surface area contributed by atoms with Gasteiger partial charge < -0.3 is 20.5 Å². The molecule has 2 rings (SSSR count). The summed E-state index contributed by atoms with van der Waals surface area (Å²) in [5.41, 5.74) is 6.84. The number of amides is 1. The topological polar surface area (TPSA) is 75.8 Å². The maximum atomic E-state index is 11.8. The van der Waals surface area contributed by atoms with E-state index < -0.39 is 6.10 Å². The van der Waals surface area contributed by atoms with E-state index in [1.54, 1.807) is 29.2 Å². The molecule has 0 fully saturated rings. The Morgan fingerprint density at radius 2 is 2.37 bits per heavy atom. The van der Waals surface area contributed by atoms with Crippen LogP contribution in [0.1, 0.15) is 18.1 Å². The van der Waals surface area contributed by atoms with Crippen LogP contribution in [0.15, 0.2) is 30.9 Å². The van der Waals surface area contributed by atoms with Crippen LogP contribution >= 0.6 is 0 Å². The highest BCUT2D eigenvalue weighted by atomic mass is 16.5. The number of aliphatic hydroxyl groups excluding tert-OH is 1. The molecule has 1 aliphatic rings. The van der Waals surface area contributed by atoms with Crippen LogP contribution < -0.4 is 15.4 Å². The van der Waals surface area contributed by atoms with Crippen LogP contribution in [-0.4, -0.2) is 30.7 Å². The molecule has 102 valence electrons. The number of rotatable bonds is 5. The summed E-state index contributed by atoms with van der Waals surface area (Å²) in [4.78, 5) is 13.4. The fourth-order valence-electron chi connectivity index (χ4n) is 2.08. The van der Waals surface area contributed by atoms with E-state index in [1.807, 2.05) is 0 Å². The SMILES string of the molecule is C=CCN1C(=O)COc2ccc(C(O)CCN)cc21. The molecular formula is C14H18N2O3. The Morgan fingerprint density at radius 1 is 1.58 bits per heavy atom. The Hall–Kier alpha value is -1.85. The molecule has 3 N–H and O–H groups in total. The number of fused-ring (bicyclic) bond motifs is 1. The van der Waals surface area contributed by atoms with E-state index in [0.717, 1.165) is 5.56 Å². The normalized spacial score (nSPS) is 15.7. The van der Waals surface area contributed by atoms with E-state index in [9.17, 15) is 9.90 Å². The van der Waals surface area contributed by atoms with Crippen molar-refractivity contribution in [2.24, 2.45) is 5.73 Å². The Morgan fingerprint density at radius 3 is 3.05 bits per heavy atom. The minimum absolute atomic E-state index is 0.0333. The van der Waals surface area contributed by atoms with E-state index in [-0.39, 0.29) is 12.5 Å². The Kier molecular flexibility index (Phi) is 4.19. The quantitative estimate of drug-likeness (QED) is 0.776. The van der Waals surface area contributed by atoms with Crippen molar-refractivity contribution in [1.29, 1.82) is 0 Å². The highest BCUT2D eigenvalue weighted by Crippen LogP contribution is 2.34. The van der Waals surface area contributed by atoms with Crippen LogP contribution in [0.5, 0.6) is 5.75 Å². The lowest BCUT2D eigenvalue weighted by molar-refractivity contribution is -0.121. The van der Waals surface area contributed by atoms with Crippen molar-refractivity contribution in [2.75, 3.05) is 24.6 Å². The summed E-state index contributed by atoms with van der Waals surface area (Å²) in [6.07, 6.45) is 1.52. The maximum Gasteiger partial charge on any atom is 0.265 e. The van der Waals surface area contributed by atoms with Crippen molar-refractivity contribution in [2.45, 2.75) is 12.5 Å². The minimum Gasteiger partial charge on any atom is -0.482 e. The minimum atomic E-state index is -0.627. The number of carbonyl (C=O) groups excluding carboxylic acids is 1. The van der Waals surface area contributed by atoms with Crippen molar-refractivity contribution < 1.29 is 14.6 Å². The fraction of sp³-hybridized carbons (Fsp3) is 0.357. The summed E-state index contributed by atoms with van der Waals surface area (Å²) in [7, 11) is 0. The smallest absolute Gasteiger partial charge is 0.265 e. The lowest BCUT2D eigenvalue weighted by atomic mass is 10.0. The molecule has 1 amide bonds. The maximum absolute atomic E-state index is 11.8. The number of anilines is 1. The summed E-state index contributed by atoms with van der Waals surface area (Å²) in [5.74, 6) is 0.531.